The van der Waals surface area contributed by atoms with Crippen LogP contribution in [-0.4, -0.2) is 0 Å². The first-order valence-corrected chi connectivity index (χ1v) is 22.5. The van der Waals surface area contributed by atoms with Crippen LogP contribution in [0.25, 0.3) is 76.1 Å². The highest BCUT2D eigenvalue weighted by atomic mass is 16.5. The number of nitrogens with zero attached hydrogens (tertiary/aromatic N) is 2. The van der Waals surface area contributed by atoms with Crippen molar-refractivity contribution < 1.29 is 9.47 Å². The summed E-state index contributed by atoms with van der Waals surface area (Å²) in [5.41, 5.74) is 10.7. The molecule has 0 spiro atoms. The minimum absolute atomic E-state index is 0.820. The zero-order chi connectivity index (χ0) is 43.3. The number of fused-ring (bicyclic) bond motifs is 10. The van der Waals surface area contributed by atoms with E-state index in [0.717, 1.165) is 90.1 Å². The molecule has 4 nitrogen and oxygen atoms in total. The van der Waals surface area contributed by atoms with Crippen molar-refractivity contribution >= 4 is 88.0 Å². The van der Waals surface area contributed by atoms with Crippen molar-refractivity contribution in [3.05, 3.63) is 231 Å². The van der Waals surface area contributed by atoms with Gasteiger partial charge in [-0.3, -0.25) is 0 Å². The highest BCUT2D eigenvalue weighted by Gasteiger charge is 2.29. The maximum absolute atomic E-state index is 6.91. The quantitative estimate of drug-likeness (QED) is 0.156. The molecule has 66 heavy (non-hydrogen) atoms. The summed E-state index contributed by atoms with van der Waals surface area (Å²) in [7, 11) is 0. The zero-order valence-corrected chi connectivity index (χ0v) is 35.7. The van der Waals surface area contributed by atoms with Crippen LogP contribution in [0.5, 0.6) is 23.0 Å². The predicted molar refractivity (Wildman–Crippen MR) is 274 cm³/mol. The second kappa shape index (κ2) is 14.3. The van der Waals surface area contributed by atoms with Gasteiger partial charge in [0.05, 0.1) is 0 Å². The maximum Gasteiger partial charge on any atom is 0.137 e. The average Bonchev–Trinajstić information content (AvgIpc) is 3.38. The molecule has 2 heterocycles. The summed E-state index contributed by atoms with van der Waals surface area (Å²) >= 11 is 0. The lowest BCUT2D eigenvalue weighted by Gasteiger charge is -2.30. The van der Waals surface area contributed by atoms with Crippen LogP contribution in [0, 0.1) is 0 Å². The van der Waals surface area contributed by atoms with Crippen molar-refractivity contribution in [1.82, 2.24) is 0 Å². The molecule has 0 unspecified atom stereocenters. The molecule has 0 amide bonds. The number of hydrogen-bond donors (Lipinski definition) is 0. The summed E-state index contributed by atoms with van der Waals surface area (Å²) in [6.07, 6.45) is 0. The lowest BCUT2D eigenvalue weighted by atomic mass is 9.88. The molecule has 12 aromatic rings. The third-order valence-corrected chi connectivity index (χ3v) is 13.6. The van der Waals surface area contributed by atoms with E-state index >= 15 is 0 Å². The fraction of sp³-hybridized carbons (Fsp3) is 0. The van der Waals surface area contributed by atoms with Crippen LogP contribution in [0.3, 0.4) is 0 Å². The topological polar surface area (TPSA) is 24.9 Å². The molecule has 0 bridgehead atoms. The van der Waals surface area contributed by atoms with Gasteiger partial charge in [0.1, 0.15) is 23.0 Å². The number of rotatable bonds is 6. The van der Waals surface area contributed by atoms with Gasteiger partial charge in [-0.05, 0) is 151 Å². The van der Waals surface area contributed by atoms with Crippen LogP contribution in [-0.2, 0) is 0 Å². The van der Waals surface area contributed by atoms with E-state index in [-0.39, 0.29) is 0 Å². The second-order valence-electron chi connectivity index (χ2n) is 17.3. The Morgan fingerprint density at radius 2 is 0.591 bits per heavy atom. The van der Waals surface area contributed by atoms with Crippen molar-refractivity contribution in [3.8, 4) is 45.3 Å². The van der Waals surface area contributed by atoms with Crippen molar-refractivity contribution in [2.45, 2.75) is 0 Å². The van der Waals surface area contributed by atoms with E-state index in [4.69, 9.17) is 9.47 Å². The van der Waals surface area contributed by atoms with Gasteiger partial charge in [0.2, 0.25) is 0 Å². The van der Waals surface area contributed by atoms with E-state index < -0.39 is 0 Å². The summed E-state index contributed by atoms with van der Waals surface area (Å²) in [5.74, 6) is 3.28. The van der Waals surface area contributed by atoms with E-state index in [9.17, 15) is 0 Å². The predicted octanol–water partition coefficient (Wildman–Crippen LogP) is 17.9. The Labute approximate surface area is 381 Å². The normalized spacial score (nSPS) is 12.2. The van der Waals surface area contributed by atoms with Gasteiger partial charge in [-0.15, -0.1) is 0 Å². The Hall–Kier alpha value is -8.86. The van der Waals surface area contributed by atoms with Gasteiger partial charge < -0.3 is 19.3 Å². The van der Waals surface area contributed by atoms with Gasteiger partial charge in [-0.2, -0.15) is 0 Å². The van der Waals surface area contributed by atoms with Gasteiger partial charge in [0.25, 0.3) is 0 Å². The highest BCUT2D eigenvalue weighted by Crippen LogP contribution is 2.56. The molecule has 308 valence electrons. The Morgan fingerprint density at radius 1 is 0.227 bits per heavy atom. The van der Waals surface area contributed by atoms with Gasteiger partial charge in [0, 0.05) is 68.2 Å². The second-order valence-corrected chi connectivity index (χ2v) is 17.3. The highest BCUT2D eigenvalue weighted by molar-refractivity contribution is 6.15. The smallest absolute Gasteiger partial charge is 0.137 e. The standard InChI is InChI=1S/C62H38N2O2/c1-3-13-43(14-4-1)63(45-23-27-51-41(35-45)21-19-39-11-7-9-17-49(39)51)47-25-29-53-55-31-34-58-62-56(32-33-57(61(55)62)65-59(53)37-47)54-30-26-48(38-60(54)66-58)64(44-15-5-2-6-16-44)46-24-28-52-42(36-46)22-20-40-12-8-10-18-50(40)52/h1-38H. The zero-order valence-electron chi connectivity index (χ0n) is 35.7. The van der Waals surface area contributed by atoms with Crippen LogP contribution in [0.4, 0.5) is 34.1 Å². The van der Waals surface area contributed by atoms with E-state index in [0.29, 0.717) is 0 Å². The molecule has 2 aliphatic rings. The Balaban J connectivity index is 0.849. The van der Waals surface area contributed by atoms with E-state index in [1.807, 2.05) is 0 Å². The first kappa shape index (κ1) is 36.6. The Kier molecular flexibility index (Phi) is 7.95. The lowest BCUT2D eigenvalue weighted by Crippen LogP contribution is -2.11. The van der Waals surface area contributed by atoms with Crippen LogP contribution < -0.4 is 19.3 Å². The molecule has 0 saturated carbocycles. The lowest BCUT2D eigenvalue weighted by molar-refractivity contribution is 0.480. The van der Waals surface area contributed by atoms with E-state index in [2.05, 4.69) is 240 Å². The third-order valence-electron chi connectivity index (χ3n) is 13.6. The summed E-state index contributed by atoms with van der Waals surface area (Å²) in [4.78, 5) is 4.63. The molecule has 14 rings (SSSR count). The van der Waals surface area contributed by atoms with Crippen molar-refractivity contribution in [1.29, 1.82) is 0 Å². The molecule has 0 fully saturated rings. The molecular weight excluding hydrogens is 805 g/mol. The monoisotopic (exact) mass is 842 g/mol. The number of para-hydroxylation sites is 2. The first-order chi connectivity index (χ1) is 32.7. The van der Waals surface area contributed by atoms with Crippen molar-refractivity contribution in [3.63, 3.8) is 0 Å². The largest absolute Gasteiger partial charge is 0.456 e. The number of benzene rings is 12. The van der Waals surface area contributed by atoms with E-state index in [1.165, 1.54) is 43.1 Å². The molecule has 0 radical (unpaired) electrons. The first-order valence-electron chi connectivity index (χ1n) is 22.5. The van der Waals surface area contributed by atoms with Gasteiger partial charge in [0.15, 0.2) is 0 Å². The maximum atomic E-state index is 6.91. The molecule has 2 aliphatic heterocycles. The minimum atomic E-state index is 0.820. The van der Waals surface area contributed by atoms with Crippen LogP contribution in [0.1, 0.15) is 0 Å². The Morgan fingerprint density at radius 3 is 1.06 bits per heavy atom. The van der Waals surface area contributed by atoms with Gasteiger partial charge >= 0.3 is 0 Å². The molecule has 0 N–H and O–H groups in total. The van der Waals surface area contributed by atoms with Crippen molar-refractivity contribution in [2.75, 3.05) is 9.80 Å². The summed E-state index contributed by atoms with van der Waals surface area (Å²) in [5, 5.41) is 12.0. The van der Waals surface area contributed by atoms with Gasteiger partial charge in [-0.1, -0.05) is 121 Å². The molecule has 12 aromatic carbocycles. The molecule has 4 heteroatoms. The SMILES string of the molecule is c1ccc(N(c2ccc3c(c2)Oc2ccc4c5c(ccc-3c25)Oc2cc(N(c3ccccc3)c3ccc5c(ccc6ccccc65)c3)ccc2-4)c2ccc3c(ccc4ccccc43)c2)cc1. The molecule has 0 saturated heterocycles. The summed E-state index contributed by atoms with van der Waals surface area (Å²) in [6, 6.07) is 82.6. The fourth-order valence-electron chi connectivity index (χ4n) is 10.5. The van der Waals surface area contributed by atoms with Crippen LogP contribution in [0.15, 0.2) is 231 Å². The molecular formula is C62H38N2O2. The minimum Gasteiger partial charge on any atom is -0.456 e. The number of hydrogen-bond acceptors (Lipinski definition) is 4. The summed E-state index contributed by atoms with van der Waals surface area (Å²) in [6.45, 7) is 0. The fourth-order valence-corrected chi connectivity index (χ4v) is 10.5. The average molecular weight is 843 g/mol. The number of ether oxygens (including phenoxy) is 2. The van der Waals surface area contributed by atoms with Gasteiger partial charge in [-0.25, -0.2) is 0 Å². The van der Waals surface area contributed by atoms with Crippen molar-refractivity contribution in [2.24, 2.45) is 0 Å². The van der Waals surface area contributed by atoms with E-state index in [1.54, 1.807) is 0 Å². The van der Waals surface area contributed by atoms with Crippen LogP contribution >= 0.6 is 0 Å². The Bertz CT molecular complexity index is 3700. The van der Waals surface area contributed by atoms with Crippen LogP contribution in [0.2, 0.25) is 0 Å². The molecule has 0 aromatic heterocycles. The molecule has 0 atom stereocenters. The summed E-state index contributed by atoms with van der Waals surface area (Å²) < 4.78 is 13.8. The number of anilines is 6. The third kappa shape index (κ3) is 5.65. The molecule has 0 aliphatic carbocycles.